The third-order valence-corrected chi connectivity index (χ3v) is 3.96. The van der Waals surface area contributed by atoms with Crippen molar-refractivity contribution in [1.82, 2.24) is 0 Å². The Hall–Kier alpha value is 0.585. The molecule has 9 heteroatoms. The van der Waals surface area contributed by atoms with Gasteiger partial charge in [-0.1, -0.05) is 18.7 Å². The summed E-state index contributed by atoms with van der Waals surface area (Å²) in [7, 11) is -9.55. The summed E-state index contributed by atoms with van der Waals surface area (Å²) in [6.07, 6.45) is 0. The zero-order valence-corrected chi connectivity index (χ0v) is 16.3. The van der Waals surface area contributed by atoms with Crippen LogP contribution in [0.1, 0.15) is 12.5 Å². The average molecular weight is 364 g/mol. The topological polar surface area (TPSA) is 109 Å². The first-order valence-electron chi connectivity index (χ1n) is 4.29. The maximum atomic E-state index is 11.2. The van der Waals surface area contributed by atoms with Gasteiger partial charge < -0.3 is 0 Å². The van der Waals surface area contributed by atoms with Gasteiger partial charge in [0.15, 0.2) is 0 Å². The number of hydrogen-bond donors (Lipinski definition) is 2. The van der Waals surface area contributed by atoms with Gasteiger partial charge >= 0.3 is 0 Å². The maximum Gasteiger partial charge on any atom is 0.296 e. The Kier molecular flexibility index (Phi) is 6.56. The summed E-state index contributed by atoms with van der Waals surface area (Å²) in [5.74, 6) is 0. The van der Waals surface area contributed by atoms with Crippen molar-refractivity contribution in [2.24, 2.45) is 0 Å². The molecule has 18 heavy (non-hydrogen) atoms. The Labute approximate surface area is 154 Å². The van der Waals surface area contributed by atoms with Crippen LogP contribution >= 0.6 is 0 Å². The van der Waals surface area contributed by atoms with Crippen molar-refractivity contribution in [2.45, 2.75) is 16.7 Å². The summed E-state index contributed by atoms with van der Waals surface area (Å²) in [5, 5.41) is 0. The molecule has 0 aliphatic carbocycles. The van der Waals surface area contributed by atoms with Crippen LogP contribution in [0.5, 0.6) is 0 Å². The minimum absolute atomic E-state index is 0. The smallest absolute Gasteiger partial charge is 0.282 e. The van der Waals surface area contributed by atoms with Gasteiger partial charge in [0.25, 0.3) is 20.2 Å². The van der Waals surface area contributed by atoms with Crippen LogP contribution in [0.15, 0.2) is 34.6 Å². The van der Waals surface area contributed by atoms with E-state index in [2.05, 4.69) is 6.58 Å². The molecule has 0 aliphatic heterocycles. The van der Waals surface area contributed by atoms with E-state index in [1.807, 2.05) is 0 Å². The third kappa shape index (κ3) is 4.31. The number of allylic oxidation sites excluding steroid dienone is 1. The minimum atomic E-state index is -4.79. The summed E-state index contributed by atoms with van der Waals surface area (Å²) in [6, 6.07) is 3.40. The van der Waals surface area contributed by atoms with E-state index in [1.54, 1.807) is 0 Å². The quantitative estimate of drug-likeness (QED) is 0.770. The van der Waals surface area contributed by atoms with E-state index in [0.29, 0.717) is 0 Å². The van der Waals surface area contributed by atoms with Gasteiger partial charge in [0.1, 0.15) is 9.79 Å². The molecule has 0 aliphatic rings. The van der Waals surface area contributed by atoms with Gasteiger partial charge in [0.2, 0.25) is 0 Å². The molecule has 0 aromatic heterocycles. The molecule has 0 bridgehead atoms. The molecule has 0 saturated heterocycles. The summed E-state index contributed by atoms with van der Waals surface area (Å²) < 4.78 is 62.3. The first-order chi connectivity index (χ1) is 7.55. The van der Waals surface area contributed by atoms with Crippen LogP contribution in [-0.2, 0) is 20.2 Å². The molecule has 0 fully saturated rings. The van der Waals surface area contributed by atoms with Gasteiger partial charge in [0, 0.05) is 58.2 Å². The zero-order valence-electron chi connectivity index (χ0n) is 9.78. The van der Waals surface area contributed by atoms with E-state index in [4.69, 9.17) is 9.11 Å². The number of hydrogen-bond acceptors (Lipinski definition) is 4. The van der Waals surface area contributed by atoms with Crippen molar-refractivity contribution >= 4 is 84.0 Å². The van der Waals surface area contributed by atoms with Gasteiger partial charge in [-0.25, -0.2) is 0 Å². The van der Waals surface area contributed by atoms with Gasteiger partial charge in [-0.2, -0.15) is 16.8 Å². The Morgan fingerprint density at radius 1 is 1.11 bits per heavy atom. The molecule has 1 aromatic carbocycles. The molecule has 1 aromatic rings. The number of benzene rings is 1. The van der Waals surface area contributed by atoms with Crippen LogP contribution in [0, 0.1) is 0 Å². The second kappa shape index (κ2) is 6.36. The van der Waals surface area contributed by atoms with E-state index >= 15 is 0 Å². The van der Waals surface area contributed by atoms with Crippen LogP contribution in [0.2, 0.25) is 0 Å². The van der Waals surface area contributed by atoms with Crippen molar-refractivity contribution in [2.75, 3.05) is 0 Å². The van der Waals surface area contributed by atoms with Crippen LogP contribution in [0.25, 0.3) is 5.57 Å². The molecule has 0 amide bonds. The fourth-order valence-corrected chi connectivity index (χ4v) is 3.39. The second-order valence-electron chi connectivity index (χ2n) is 3.36. The van der Waals surface area contributed by atoms with Crippen LogP contribution in [0.4, 0.5) is 0 Å². The maximum absolute atomic E-state index is 11.2. The average Bonchev–Trinajstić information content (AvgIpc) is 2.13. The summed E-state index contributed by atoms with van der Waals surface area (Å²) in [6.45, 7) is 4.91. The van der Waals surface area contributed by atoms with Gasteiger partial charge in [0.05, 0.1) is 0 Å². The SMILES string of the molecule is C=C(C)c1cccc(S(=O)(=O)O)c1S(=O)(=O)O.[Rb]. The zero-order chi connectivity index (χ0) is 13.4. The number of rotatable bonds is 3. The molecule has 0 atom stereocenters. The van der Waals surface area contributed by atoms with Gasteiger partial charge in [-0.15, -0.1) is 0 Å². The van der Waals surface area contributed by atoms with Crippen LogP contribution < -0.4 is 0 Å². The molecule has 1 rings (SSSR count). The molecule has 0 saturated carbocycles. The monoisotopic (exact) mass is 363 g/mol. The molecule has 0 spiro atoms. The largest absolute Gasteiger partial charge is 0.296 e. The molecule has 6 nitrogen and oxygen atoms in total. The van der Waals surface area contributed by atoms with E-state index in [0.717, 1.165) is 6.07 Å². The fourth-order valence-electron chi connectivity index (χ4n) is 1.32. The summed E-state index contributed by atoms with van der Waals surface area (Å²) in [5.41, 5.74) is 0.172. The van der Waals surface area contributed by atoms with Crippen molar-refractivity contribution < 1.29 is 25.9 Å². The molecule has 0 heterocycles. The molecule has 1 radical (unpaired) electrons. The molecule has 2 N–H and O–H groups in total. The predicted octanol–water partition coefficient (Wildman–Crippen LogP) is 0.832. The second-order valence-corrected chi connectivity index (χ2v) is 6.11. The van der Waals surface area contributed by atoms with E-state index in [9.17, 15) is 16.8 Å². The fraction of sp³-hybridized carbons (Fsp3) is 0.111. The van der Waals surface area contributed by atoms with E-state index < -0.39 is 30.0 Å². The predicted molar refractivity (Wildman–Crippen MR) is 66.5 cm³/mol. The van der Waals surface area contributed by atoms with Crippen molar-refractivity contribution in [1.29, 1.82) is 0 Å². The van der Waals surface area contributed by atoms with Gasteiger partial charge in [-0.05, 0) is 24.1 Å². The van der Waals surface area contributed by atoms with Crippen molar-refractivity contribution in [3.05, 3.63) is 30.3 Å². The Bertz CT molecular complexity index is 675. The van der Waals surface area contributed by atoms with Crippen LogP contribution in [-0.4, -0.2) is 84.1 Å². The molecular formula is C9H10O6RbS2. The van der Waals surface area contributed by atoms with E-state index in [1.165, 1.54) is 19.1 Å². The standard InChI is InChI=1S/C9H10O6S2.Rb/c1-6(2)7-4-3-5-8(16(10,11)12)9(7)17(13,14)15;/h3-5H,1H2,2H3,(H,10,11,12)(H,13,14,15);. The van der Waals surface area contributed by atoms with E-state index in [-0.39, 0.29) is 69.3 Å². The summed E-state index contributed by atoms with van der Waals surface area (Å²) >= 11 is 0. The first kappa shape index (κ1) is 18.6. The molecular weight excluding hydrogens is 354 g/mol. The normalized spacial score (nSPS) is 11.7. The molecule has 95 valence electrons. The first-order valence-corrected chi connectivity index (χ1v) is 7.17. The van der Waals surface area contributed by atoms with Crippen LogP contribution in [0.3, 0.4) is 0 Å². The van der Waals surface area contributed by atoms with Crippen molar-refractivity contribution in [3.63, 3.8) is 0 Å². The Morgan fingerprint density at radius 2 is 1.61 bits per heavy atom. The Balaban J connectivity index is 0.00000289. The Morgan fingerprint density at radius 3 is 1.94 bits per heavy atom. The minimum Gasteiger partial charge on any atom is -0.282 e. The van der Waals surface area contributed by atoms with Crippen molar-refractivity contribution in [3.8, 4) is 0 Å². The van der Waals surface area contributed by atoms with Gasteiger partial charge in [-0.3, -0.25) is 9.11 Å². The molecule has 0 unspecified atom stereocenters. The summed E-state index contributed by atoms with van der Waals surface area (Å²) in [4.78, 5) is -1.74. The third-order valence-electron chi connectivity index (χ3n) is 1.97.